The summed E-state index contributed by atoms with van der Waals surface area (Å²) in [6.07, 6.45) is 0. The number of fused-ring (bicyclic) bond motifs is 1. The maximum absolute atomic E-state index is 12.0. The molecule has 188 valence electrons. The van der Waals surface area contributed by atoms with Gasteiger partial charge in [-0.1, -0.05) is 42.5 Å². The third kappa shape index (κ3) is 5.12. The lowest BCUT2D eigenvalue weighted by Gasteiger charge is -2.13. The molecule has 0 radical (unpaired) electrons. The van der Waals surface area contributed by atoms with Crippen LogP contribution < -0.4 is 0 Å². The van der Waals surface area contributed by atoms with Crippen LogP contribution in [-0.4, -0.2) is 46.6 Å². The molecule has 2 aromatic rings. The van der Waals surface area contributed by atoms with Gasteiger partial charge in [0.2, 0.25) is 0 Å². The number of aliphatic carboxylic acids is 1. The summed E-state index contributed by atoms with van der Waals surface area (Å²) in [5.74, 6) is -3.82. The minimum absolute atomic E-state index is 0.0201. The number of benzene rings is 2. The van der Waals surface area contributed by atoms with Gasteiger partial charge >= 0.3 is 17.9 Å². The SMILES string of the molecule is CCOC(=O)C(C(=O)O)c1ccccc1.COC(=O)C1=C(C)N2C(C)=C2[C@H]1c1cccc([N+](=O)[O-])c1. The Hall–Kier alpha value is -4.47. The van der Waals surface area contributed by atoms with Gasteiger partial charge in [-0.15, -0.1) is 0 Å². The molecule has 0 fully saturated rings. The summed E-state index contributed by atoms with van der Waals surface area (Å²) in [4.78, 5) is 46.8. The molecule has 2 aliphatic heterocycles. The van der Waals surface area contributed by atoms with E-state index in [-0.39, 0.29) is 18.2 Å². The highest BCUT2D eigenvalue weighted by atomic mass is 16.6. The Labute approximate surface area is 207 Å². The summed E-state index contributed by atoms with van der Waals surface area (Å²) in [5, 5.41) is 19.9. The Balaban J connectivity index is 0.000000214. The van der Waals surface area contributed by atoms with E-state index in [1.807, 2.05) is 18.7 Å². The zero-order valence-electron chi connectivity index (χ0n) is 20.3. The van der Waals surface area contributed by atoms with E-state index in [0.717, 1.165) is 22.7 Å². The average molecular weight is 495 g/mol. The summed E-state index contributed by atoms with van der Waals surface area (Å²) >= 11 is 0. The zero-order valence-corrected chi connectivity index (χ0v) is 20.3. The summed E-state index contributed by atoms with van der Waals surface area (Å²) in [5.41, 5.74) is 4.70. The first-order valence-electron chi connectivity index (χ1n) is 11.1. The predicted molar refractivity (Wildman–Crippen MR) is 129 cm³/mol. The van der Waals surface area contributed by atoms with Crippen molar-refractivity contribution >= 4 is 23.6 Å². The molecule has 4 rings (SSSR count). The molecule has 0 amide bonds. The minimum Gasteiger partial charge on any atom is -0.480 e. The van der Waals surface area contributed by atoms with E-state index in [1.165, 1.54) is 19.2 Å². The molecule has 0 aliphatic carbocycles. The van der Waals surface area contributed by atoms with Crippen LogP contribution in [0.1, 0.15) is 43.7 Å². The maximum atomic E-state index is 12.0. The number of carbonyl (C=O) groups is 3. The Morgan fingerprint density at radius 1 is 1.08 bits per heavy atom. The first-order chi connectivity index (χ1) is 17.1. The summed E-state index contributed by atoms with van der Waals surface area (Å²) in [6.45, 7) is 5.65. The fourth-order valence-corrected chi connectivity index (χ4v) is 4.27. The molecular weight excluding hydrogens is 468 g/mol. The van der Waals surface area contributed by atoms with Crippen molar-refractivity contribution in [1.82, 2.24) is 4.90 Å². The number of nitrogens with zero attached hydrogens (tertiary/aromatic N) is 2. The number of esters is 2. The van der Waals surface area contributed by atoms with Crippen LogP contribution in [-0.2, 0) is 23.9 Å². The van der Waals surface area contributed by atoms with E-state index in [4.69, 9.17) is 14.6 Å². The molecule has 36 heavy (non-hydrogen) atoms. The molecule has 0 aromatic heterocycles. The van der Waals surface area contributed by atoms with E-state index in [0.29, 0.717) is 11.1 Å². The van der Waals surface area contributed by atoms with Crippen LogP contribution in [0.3, 0.4) is 0 Å². The number of methoxy groups -OCH3 is 1. The predicted octanol–water partition coefficient (Wildman–Crippen LogP) is 4.10. The number of carboxylic acid groups (broad SMARTS) is 1. The van der Waals surface area contributed by atoms with Gasteiger partial charge in [0, 0.05) is 23.5 Å². The molecule has 2 aromatic carbocycles. The molecule has 0 saturated heterocycles. The molecule has 2 aliphatic rings. The maximum Gasteiger partial charge on any atom is 0.336 e. The number of nitro groups is 1. The van der Waals surface area contributed by atoms with E-state index in [9.17, 15) is 24.5 Å². The van der Waals surface area contributed by atoms with Crippen molar-refractivity contribution in [3.05, 3.63) is 98.5 Å². The van der Waals surface area contributed by atoms with Crippen molar-refractivity contribution in [2.24, 2.45) is 0 Å². The Bertz CT molecular complexity index is 1270. The van der Waals surface area contributed by atoms with Gasteiger partial charge in [-0.2, -0.15) is 0 Å². The quantitative estimate of drug-likeness (QED) is 0.261. The Morgan fingerprint density at radius 2 is 1.75 bits per heavy atom. The molecule has 0 saturated carbocycles. The monoisotopic (exact) mass is 494 g/mol. The molecule has 0 spiro atoms. The normalized spacial score (nSPS) is 16.4. The van der Waals surface area contributed by atoms with Crippen molar-refractivity contribution in [2.75, 3.05) is 13.7 Å². The standard InChI is InChI=1S/C15H14N2O4.C11H12O4/c1-8-12(15(18)21-3)13(14-9(2)16(8)14)10-5-4-6-11(7-10)17(19)20;1-2-15-11(14)9(10(12)13)8-6-4-3-5-7-8/h4-7,13H,1-3H3;3-7,9H,2H2,1H3,(H,12,13)/t13-,16?;/m0./s1. The first kappa shape index (κ1) is 26.1. The van der Waals surface area contributed by atoms with E-state index < -0.39 is 28.7 Å². The second-order valence-electron chi connectivity index (χ2n) is 8.02. The minimum atomic E-state index is -1.23. The number of non-ortho nitro benzene ring substituents is 1. The van der Waals surface area contributed by atoms with Gasteiger partial charge < -0.3 is 19.5 Å². The van der Waals surface area contributed by atoms with Crippen LogP contribution in [0.15, 0.2) is 77.3 Å². The van der Waals surface area contributed by atoms with Crippen LogP contribution in [0.2, 0.25) is 0 Å². The fourth-order valence-electron chi connectivity index (χ4n) is 4.27. The molecule has 2 heterocycles. The number of hydrogen-bond donors (Lipinski definition) is 1. The highest BCUT2D eigenvalue weighted by Gasteiger charge is 2.49. The lowest BCUT2D eigenvalue weighted by Crippen LogP contribution is -2.23. The second-order valence-corrected chi connectivity index (χ2v) is 8.02. The molecule has 2 atom stereocenters. The third-order valence-electron chi connectivity index (χ3n) is 5.91. The van der Waals surface area contributed by atoms with Crippen molar-refractivity contribution in [1.29, 1.82) is 0 Å². The van der Waals surface area contributed by atoms with Crippen molar-refractivity contribution in [3.8, 4) is 0 Å². The van der Waals surface area contributed by atoms with Gasteiger partial charge in [0.25, 0.3) is 5.69 Å². The topological polar surface area (TPSA) is 136 Å². The summed E-state index contributed by atoms with van der Waals surface area (Å²) in [6, 6.07) is 14.7. The van der Waals surface area contributed by atoms with Gasteiger partial charge in [-0.05, 0) is 31.9 Å². The van der Waals surface area contributed by atoms with Gasteiger partial charge in [0.15, 0.2) is 5.92 Å². The zero-order chi connectivity index (χ0) is 26.6. The number of carboxylic acids is 1. The van der Waals surface area contributed by atoms with Crippen LogP contribution in [0.5, 0.6) is 0 Å². The van der Waals surface area contributed by atoms with Crippen molar-refractivity contribution < 1.29 is 33.9 Å². The lowest BCUT2D eigenvalue weighted by molar-refractivity contribution is -0.384. The largest absolute Gasteiger partial charge is 0.480 e. The van der Waals surface area contributed by atoms with Crippen LogP contribution >= 0.6 is 0 Å². The molecule has 1 N–H and O–H groups in total. The summed E-state index contributed by atoms with van der Waals surface area (Å²) < 4.78 is 9.56. The Morgan fingerprint density at radius 3 is 2.31 bits per heavy atom. The smallest absolute Gasteiger partial charge is 0.336 e. The van der Waals surface area contributed by atoms with E-state index in [1.54, 1.807) is 49.4 Å². The lowest BCUT2D eigenvalue weighted by atomic mass is 9.90. The number of nitro benzene ring substituents is 1. The highest BCUT2D eigenvalue weighted by molar-refractivity contribution is 5.99. The number of hydrogen-bond acceptors (Lipinski definition) is 8. The number of rotatable bonds is 7. The summed E-state index contributed by atoms with van der Waals surface area (Å²) in [7, 11) is 1.34. The number of ether oxygens (including phenoxy) is 2. The number of allylic oxidation sites excluding steroid dienone is 3. The molecule has 1 unspecified atom stereocenters. The first-order valence-corrected chi connectivity index (χ1v) is 11.1. The van der Waals surface area contributed by atoms with Gasteiger partial charge in [-0.3, -0.25) is 19.7 Å². The highest BCUT2D eigenvalue weighted by Crippen LogP contribution is 2.56. The van der Waals surface area contributed by atoms with Crippen molar-refractivity contribution in [2.45, 2.75) is 32.6 Å². The van der Waals surface area contributed by atoms with Crippen LogP contribution in [0.4, 0.5) is 5.69 Å². The van der Waals surface area contributed by atoms with E-state index in [2.05, 4.69) is 0 Å². The second kappa shape index (κ2) is 10.9. The van der Waals surface area contributed by atoms with Gasteiger partial charge in [0.05, 0.1) is 35.8 Å². The Kier molecular flexibility index (Phi) is 7.88. The van der Waals surface area contributed by atoms with Gasteiger partial charge in [0.1, 0.15) is 0 Å². The molecular formula is C26H26N2O8. The molecule has 10 nitrogen and oxygen atoms in total. The number of carbonyl (C=O) groups excluding carboxylic acids is 2. The van der Waals surface area contributed by atoms with Gasteiger partial charge in [-0.25, -0.2) is 4.79 Å². The van der Waals surface area contributed by atoms with E-state index >= 15 is 0 Å². The van der Waals surface area contributed by atoms with Crippen LogP contribution in [0.25, 0.3) is 0 Å². The molecule has 10 heteroatoms. The fraction of sp³-hybridized carbons (Fsp3) is 0.269. The average Bonchev–Trinajstić information content (AvgIpc) is 3.40. The third-order valence-corrected chi connectivity index (χ3v) is 5.91. The molecule has 0 bridgehead atoms. The van der Waals surface area contributed by atoms with Crippen LogP contribution in [0, 0.1) is 10.1 Å². The van der Waals surface area contributed by atoms with Crippen molar-refractivity contribution in [3.63, 3.8) is 0 Å².